The molecule has 108 valence electrons. The van der Waals surface area contributed by atoms with Gasteiger partial charge in [0.1, 0.15) is 24.2 Å². The zero-order valence-electron chi connectivity index (χ0n) is 11.5. The fourth-order valence-corrected chi connectivity index (χ4v) is 2.81. The number of fused-ring (bicyclic) bond motifs is 1. The Morgan fingerprint density at radius 3 is 2.50 bits per heavy atom. The summed E-state index contributed by atoms with van der Waals surface area (Å²) in [7, 11) is 0. The molecule has 0 aromatic heterocycles. The topological polar surface area (TPSA) is 70.1 Å². The van der Waals surface area contributed by atoms with Gasteiger partial charge >= 0.3 is 0 Å². The Morgan fingerprint density at radius 2 is 1.86 bits per heavy atom. The molecule has 4 nitrogen and oxygen atoms in total. The highest BCUT2D eigenvalue weighted by Crippen LogP contribution is 2.39. The van der Waals surface area contributed by atoms with E-state index in [1.165, 1.54) is 0 Å². The van der Waals surface area contributed by atoms with E-state index in [9.17, 15) is 10.1 Å². The van der Waals surface area contributed by atoms with Crippen molar-refractivity contribution in [3.05, 3.63) is 70.5 Å². The van der Waals surface area contributed by atoms with Crippen molar-refractivity contribution in [2.24, 2.45) is 5.73 Å². The van der Waals surface area contributed by atoms with Crippen LogP contribution in [0.5, 0.6) is 0 Å². The average Bonchev–Trinajstić information content (AvgIpc) is 2.55. The lowest BCUT2D eigenvalue weighted by atomic mass is 9.90. The standard InChI is InChI=1S/C17H12ClN3O/c18-11-5-7-12(8-6-11)21-16(10-22)14-4-2-1-3-13(14)15(9-19)17(21)20/h1-8,10,16H,20H2. The maximum absolute atomic E-state index is 11.7. The number of aldehydes is 1. The van der Waals surface area contributed by atoms with Gasteiger partial charge < -0.3 is 15.4 Å². The van der Waals surface area contributed by atoms with Crippen molar-refractivity contribution in [3.63, 3.8) is 0 Å². The van der Waals surface area contributed by atoms with Crippen molar-refractivity contribution >= 4 is 29.1 Å². The van der Waals surface area contributed by atoms with Crippen molar-refractivity contribution in [1.82, 2.24) is 0 Å². The number of carbonyl (C=O) groups excluding carboxylic acids is 1. The fourth-order valence-electron chi connectivity index (χ4n) is 2.68. The van der Waals surface area contributed by atoms with Gasteiger partial charge in [-0.05, 0) is 29.8 Å². The molecule has 2 aromatic carbocycles. The maximum Gasteiger partial charge on any atom is 0.147 e. The van der Waals surface area contributed by atoms with E-state index < -0.39 is 6.04 Å². The van der Waals surface area contributed by atoms with Crippen molar-refractivity contribution < 1.29 is 4.79 Å². The number of nitrogens with zero attached hydrogens (tertiary/aromatic N) is 2. The summed E-state index contributed by atoms with van der Waals surface area (Å²) in [5.41, 5.74) is 8.71. The monoisotopic (exact) mass is 309 g/mol. The summed E-state index contributed by atoms with van der Waals surface area (Å²) in [5.74, 6) is 0.264. The lowest BCUT2D eigenvalue weighted by Crippen LogP contribution is -2.37. The highest BCUT2D eigenvalue weighted by molar-refractivity contribution is 6.30. The number of allylic oxidation sites excluding steroid dienone is 1. The second-order valence-corrected chi connectivity index (χ2v) is 5.32. The molecule has 5 heteroatoms. The number of hydrogen-bond donors (Lipinski definition) is 1. The van der Waals surface area contributed by atoms with Crippen LogP contribution >= 0.6 is 11.6 Å². The largest absolute Gasteiger partial charge is 0.384 e. The molecular formula is C17H12ClN3O. The molecule has 1 heterocycles. The van der Waals surface area contributed by atoms with E-state index >= 15 is 0 Å². The Morgan fingerprint density at radius 1 is 1.18 bits per heavy atom. The molecule has 0 fully saturated rings. The highest BCUT2D eigenvalue weighted by Gasteiger charge is 2.32. The van der Waals surface area contributed by atoms with Crippen LogP contribution < -0.4 is 10.6 Å². The third-order valence-electron chi connectivity index (χ3n) is 3.69. The van der Waals surface area contributed by atoms with E-state index in [1.54, 1.807) is 35.2 Å². The number of halogens is 1. The van der Waals surface area contributed by atoms with Gasteiger partial charge in [-0.1, -0.05) is 35.9 Å². The number of carbonyl (C=O) groups is 1. The Hall–Kier alpha value is -2.77. The smallest absolute Gasteiger partial charge is 0.147 e. The predicted octanol–water partition coefficient (Wildman–Crippen LogP) is 3.25. The van der Waals surface area contributed by atoms with E-state index in [1.807, 2.05) is 18.2 Å². The molecular weight excluding hydrogens is 298 g/mol. The summed E-state index contributed by atoms with van der Waals surface area (Å²) in [6, 6.07) is 15.8. The van der Waals surface area contributed by atoms with E-state index in [2.05, 4.69) is 6.07 Å². The van der Waals surface area contributed by atoms with Crippen LogP contribution in [0.25, 0.3) is 5.57 Å². The summed E-state index contributed by atoms with van der Waals surface area (Å²) >= 11 is 5.91. The van der Waals surface area contributed by atoms with E-state index in [0.29, 0.717) is 21.8 Å². The number of hydrogen-bond acceptors (Lipinski definition) is 4. The molecule has 0 spiro atoms. The molecule has 0 bridgehead atoms. The van der Waals surface area contributed by atoms with Crippen LogP contribution in [0.3, 0.4) is 0 Å². The van der Waals surface area contributed by atoms with Crippen LogP contribution in [0.15, 0.2) is 54.4 Å². The first-order valence-electron chi connectivity index (χ1n) is 6.66. The second kappa shape index (κ2) is 5.55. The number of nitriles is 1. The minimum atomic E-state index is -0.575. The minimum Gasteiger partial charge on any atom is -0.384 e. The van der Waals surface area contributed by atoms with Gasteiger partial charge in [-0.25, -0.2) is 0 Å². The van der Waals surface area contributed by atoms with Crippen LogP contribution in [0.4, 0.5) is 5.69 Å². The molecule has 3 rings (SSSR count). The van der Waals surface area contributed by atoms with Crippen LogP contribution in [0.2, 0.25) is 5.02 Å². The van der Waals surface area contributed by atoms with E-state index in [4.69, 9.17) is 17.3 Å². The molecule has 0 amide bonds. The zero-order valence-corrected chi connectivity index (χ0v) is 12.3. The molecule has 1 aliphatic heterocycles. The first-order chi connectivity index (χ1) is 10.7. The molecule has 2 N–H and O–H groups in total. The molecule has 1 atom stereocenters. The summed E-state index contributed by atoms with van der Waals surface area (Å²) in [6.45, 7) is 0. The lowest BCUT2D eigenvalue weighted by Gasteiger charge is -2.36. The van der Waals surface area contributed by atoms with Gasteiger partial charge in [0.25, 0.3) is 0 Å². The Kier molecular flexibility index (Phi) is 3.58. The van der Waals surface area contributed by atoms with Crippen LogP contribution in [0.1, 0.15) is 17.2 Å². The van der Waals surface area contributed by atoms with Crippen molar-refractivity contribution in [1.29, 1.82) is 5.26 Å². The number of rotatable bonds is 2. The maximum atomic E-state index is 11.7. The molecule has 22 heavy (non-hydrogen) atoms. The van der Waals surface area contributed by atoms with E-state index in [0.717, 1.165) is 11.8 Å². The molecule has 0 radical (unpaired) electrons. The first-order valence-corrected chi connectivity index (χ1v) is 7.04. The summed E-state index contributed by atoms with van der Waals surface area (Å²) in [4.78, 5) is 13.3. The molecule has 0 saturated carbocycles. The normalized spacial score (nSPS) is 16.9. The van der Waals surface area contributed by atoms with Crippen LogP contribution in [-0.4, -0.2) is 6.29 Å². The summed E-state index contributed by atoms with van der Waals surface area (Å²) in [6.07, 6.45) is 0.828. The zero-order chi connectivity index (χ0) is 15.7. The fraction of sp³-hybridized carbons (Fsp3) is 0.0588. The van der Waals surface area contributed by atoms with Gasteiger partial charge in [0.05, 0.1) is 5.57 Å². The molecule has 1 unspecified atom stereocenters. The van der Waals surface area contributed by atoms with Crippen LogP contribution in [0, 0.1) is 11.3 Å². The predicted molar refractivity (Wildman–Crippen MR) is 85.9 cm³/mol. The Balaban J connectivity index is 2.24. The van der Waals surface area contributed by atoms with Gasteiger partial charge in [0.2, 0.25) is 0 Å². The van der Waals surface area contributed by atoms with Gasteiger partial charge in [-0.3, -0.25) is 0 Å². The third kappa shape index (κ3) is 2.12. The van der Waals surface area contributed by atoms with Gasteiger partial charge in [-0.15, -0.1) is 0 Å². The SMILES string of the molecule is N#CC1=C(N)N(c2ccc(Cl)cc2)C(C=O)c2ccccc21. The lowest BCUT2D eigenvalue weighted by molar-refractivity contribution is -0.109. The van der Waals surface area contributed by atoms with Crippen molar-refractivity contribution in [3.8, 4) is 6.07 Å². The molecule has 1 aliphatic rings. The molecule has 0 saturated heterocycles. The number of benzene rings is 2. The van der Waals surface area contributed by atoms with Crippen LogP contribution in [-0.2, 0) is 4.79 Å². The number of nitrogens with two attached hydrogens (primary N) is 1. The third-order valence-corrected chi connectivity index (χ3v) is 3.94. The quantitative estimate of drug-likeness (QED) is 0.864. The minimum absolute atomic E-state index is 0.264. The number of anilines is 1. The Labute approximate surface area is 133 Å². The van der Waals surface area contributed by atoms with Gasteiger partial charge in [-0.2, -0.15) is 5.26 Å². The first kappa shape index (κ1) is 14.2. The van der Waals surface area contributed by atoms with E-state index in [-0.39, 0.29) is 5.82 Å². The Bertz CT molecular complexity index is 805. The molecule has 0 aliphatic carbocycles. The highest BCUT2D eigenvalue weighted by atomic mass is 35.5. The van der Waals surface area contributed by atoms with Crippen molar-refractivity contribution in [2.75, 3.05) is 4.90 Å². The molecule has 2 aromatic rings. The average molecular weight is 310 g/mol. The van der Waals surface area contributed by atoms with Crippen molar-refractivity contribution in [2.45, 2.75) is 6.04 Å². The van der Waals surface area contributed by atoms with Gasteiger partial charge in [0.15, 0.2) is 0 Å². The second-order valence-electron chi connectivity index (χ2n) is 4.89. The summed E-state index contributed by atoms with van der Waals surface area (Å²) < 4.78 is 0. The van der Waals surface area contributed by atoms with Gasteiger partial charge in [0, 0.05) is 16.3 Å². The summed E-state index contributed by atoms with van der Waals surface area (Å²) in [5, 5.41) is 10.0.